The lowest BCUT2D eigenvalue weighted by Gasteiger charge is -2.09. The highest BCUT2D eigenvalue weighted by Gasteiger charge is 2.13. The van der Waals surface area contributed by atoms with Gasteiger partial charge in [-0.15, -0.1) is 0 Å². The molecule has 0 radical (unpaired) electrons. The molecule has 24 heavy (non-hydrogen) atoms. The van der Waals surface area contributed by atoms with E-state index >= 15 is 0 Å². The fourth-order valence-electron chi connectivity index (χ4n) is 2.44. The Kier molecular flexibility index (Phi) is 4.43. The fraction of sp³-hybridized carbons (Fsp3) is 0.0526. The van der Waals surface area contributed by atoms with Gasteiger partial charge in [0.2, 0.25) is 0 Å². The Bertz CT molecular complexity index is 863. The van der Waals surface area contributed by atoms with Crippen LogP contribution in [0.5, 0.6) is 11.5 Å². The molecule has 0 aliphatic rings. The molecule has 0 unspecified atom stereocenters. The van der Waals surface area contributed by atoms with Gasteiger partial charge in [-0.3, -0.25) is 10.1 Å². The van der Waals surface area contributed by atoms with Crippen molar-refractivity contribution in [1.29, 1.82) is 0 Å². The Morgan fingerprint density at radius 1 is 0.875 bits per heavy atom. The Hall–Kier alpha value is -3.34. The zero-order chi connectivity index (χ0) is 16.9. The first-order valence-electron chi connectivity index (χ1n) is 7.47. The van der Waals surface area contributed by atoms with E-state index in [4.69, 9.17) is 4.74 Å². The average molecular weight is 320 g/mol. The van der Waals surface area contributed by atoms with Gasteiger partial charge in [0.25, 0.3) is 5.69 Å². The van der Waals surface area contributed by atoms with Gasteiger partial charge in [0.1, 0.15) is 17.2 Å². The molecule has 0 bridgehead atoms. The zero-order valence-corrected chi connectivity index (χ0v) is 13.1. The van der Waals surface area contributed by atoms with Crippen LogP contribution in [0, 0.1) is 10.1 Å². The third-order valence-electron chi connectivity index (χ3n) is 3.61. The molecule has 3 rings (SSSR count). The fourth-order valence-corrected chi connectivity index (χ4v) is 2.44. The molecule has 1 N–H and O–H groups in total. The third kappa shape index (κ3) is 3.35. The quantitative estimate of drug-likeness (QED) is 0.525. The summed E-state index contributed by atoms with van der Waals surface area (Å²) >= 11 is 0. The SMILES string of the molecule is CNc1cc(Oc2cccc(-c3ccccc3)c2)ccc1[N+](=O)[O-]. The van der Waals surface area contributed by atoms with Crippen molar-refractivity contribution in [1.82, 2.24) is 0 Å². The van der Waals surface area contributed by atoms with Crippen molar-refractivity contribution >= 4 is 11.4 Å². The minimum Gasteiger partial charge on any atom is -0.457 e. The highest BCUT2D eigenvalue weighted by atomic mass is 16.6. The first-order valence-corrected chi connectivity index (χ1v) is 7.47. The normalized spacial score (nSPS) is 10.2. The van der Waals surface area contributed by atoms with Gasteiger partial charge in [0.15, 0.2) is 0 Å². The number of hydrogen-bond donors (Lipinski definition) is 1. The Morgan fingerprint density at radius 2 is 1.58 bits per heavy atom. The summed E-state index contributed by atoms with van der Waals surface area (Å²) in [7, 11) is 1.64. The topological polar surface area (TPSA) is 64.4 Å². The summed E-state index contributed by atoms with van der Waals surface area (Å²) in [4.78, 5) is 10.6. The largest absolute Gasteiger partial charge is 0.457 e. The number of nitro groups is 1. The van der Waals surface area contributed by atoms with E-state index in [1.807, 2.05) is 54.6 Å². The van der Waals surface area contributed by atoms with E-state index in [-0.39, 0.29) is 5.69 Å². The van der Waals surface area contributed by atoms with Gasteiger partial charge in [-0.1, -0.05) is 42.5 Å². The van der Waals surface area contributed by atoms with Gasteiger partial charge in [-0.05, 0) is 29.3 Å². The van der Waals surface area contributed by atoms with Crippen LogP contribution < -0.4 is 10.1 Å². The van der Waals surface area contributed by atoms with E-state index in [9.17, 15) is 10.1 Å². The van der Waals surface area contributed by atoms with E-state index in [1.165, 1.54) is 6.07 Å². The second-order valence-electron chi connectivity index (χ2n) is 5.18. The number of nitrogens with one attached hydrogen (secondary N) is 1. The van der Waals surface area contributed by atoms with Crippen LogP contribution >= 0.6 is 0 Å². The smallest absolute Gasteiger partial charge is 0.292 e. The molecule has 0 aliphatic heterocycles. The van der Waals surface area contributed by atoms with E-state index in [0.29, 0.717) is 17.2 Å². The van der Waals surface area contributed by atoms with E-state index < -0.39 is 4.92 Å². The molecule has 0 atom stereocenters. The van der Waals surface area contributed by atoms with Crippen LogP contribution in [-0.2, 0) is 0 Å². The lowest BCUT2D eigenvalue weighted by Crippen LogP contribution is -1.97. The maximum absolute atomic E-state index is 11.0. The van der Waals surface area contributed by atoms with Crippen LogP contribution in [-0.4, -0.2) is 12.0 Å². The maximum Gasteiger partial charge on any atom is 0.292 e. The summed E-state index contributed by atoms with van der Waals surface area (Å²) in [6.07, 6.45) is 0. The molecule has 0 saturated carbocycles. The van der Waals surface area contributed by atoms with Crippen molar-refractivity contribution in [3.8, 4) is 22.6 Å². The molecule has 3 aromatic carbocycles. The van der Waals surface area contributed by atoms with Crippen LogP contribution in [0.3, 0.4) is 0 Å². The van der Waals surface area contributed by atoms with Crippen LogP contribution in [0.4, 0.5) is 11.4 Å². The molecule has 0 spiro atoms. The predicted molar refractivity (Wildman–Crippen MR) is 94.6 cm³/mol. The maximum atomic E-state index is 11.0. The van der Waals surface area contributed by atoms with Crippen molar-refractivity contribution in [2.45, 2.75) is 0 Å². The predicted octanol–water partition coefficient (Wildman–Crippen LogP) is 5.10. The molecule has 0 amide bonds. The van der Waals surface area contributed by atoms with Gasteiger partial charge in [-0.25, -0.2) is 0 Å². The Labute approximate surface area is 139 Å². The molecule has 3 aromatic rings. The monoisotopic (exact) mass is 320 g/mol. The third-order valence-corrected chi connectivity index (χ3v) is 3.61. The van der Waals surface area contributed by atoms with E-state index in [2.05, 4.69) is 5.32 Å². The number of nitrogens with zero attached hydrogens (tertiary/aromatic N) is 1. The summed E-state index contributed by atoms with van der Waals surface area (Å²) in [6, 6.07) is 22.4. The van der Waals surface area contributed by atoms with Crippen molar-refractivity contribution in [3.05, 3.63) is 82.9 Å². The Morgan fingerprint density at radius 3 is 2.29 bits per heavy atom. The van der Waals surface area contributed by atoms with Crippen LogP contribution in [0.1, 0.15) is 0 Å². The molecule has 0 heterocycles. The molecule has 0 aliphatic carbocycles. The van der Waals surface area contributed by atoms with Crippen LogP contribution in [0.2, 0.25) is 0 Å². The van der Waals surface area contributed by atoms with Gasteiger partial charge >= 0.3 is 0 Å². The van der Waals surface area contributed by atoms with Gasteiger partial charge in [0.05, 0.1) is 4.92 Å². The van der Waals surface area contributed by atoms with E-state index in [1.54, 1.807) is 19.2 Å². The highest BCUT2D eigenvalue weighted by molar-refractivity contribution is 5.66. The Balaban J connectivity index is 1.88. The highest BCUT2D eigenvalue weighted by Crippen LogP contribution is 2.32. The van der Waals surface area contributed by atoms with Crippen molar-refractivity contribution in [3.63, 3.8) is 0 Å². The first kappa shape index (κ1) is 15.6. The summed E-state index contributed by atoms with van der Waals surface area (Å²) in [5.74, 6) is 1.21. The number of hydrogen-bond acceptors (Lipinski definition) is 4. The molecule has 0 fully saturated rings. The molecular weight excluding hydrogens is 304 g/mol. The summed E-state index contributed by atoms with van der Waals surface area (Å²) in [6.45, 7) is 0. The number of benzene rings is 3. The van der Waals surface area contributed by atoms with E-state index in [0.717, 1.165) is 11.1 Å². The minimum absolute atomic E-state index is 0.0166. The van der Waals surface area contributed by atoms with Crippen LogP contribution in [0.25, 0.3) is 11.1 Å². The number of nitro benzene ring substituents is 1. The van der Waals surface area contributed by atoms with Gasteiger partial charge in [0, 0.05) is 19.2 Å². The lowest BCUT2D eigenvalue weighted by atomic mass is 10.1. The first-order chi connectivity index (χ1) is 11.7. The van der Waals surface area contributed by atoms with Crippen molar-refractivity contribution in [2.24, 2.45) is 0 Å². The zero-order valence-electron chi connectivity index (χ0n) is 13.1. The molecule has 0 aromatic heterocycles. The second-order valence-corrected chi connectivity index (χ2v) is 5.18. The molecule has 5 heteroatoms. The van der Waals surface area contributed by atoms with Crippen LogP contribution in [0.15, 0.2) is 72.8 Å². The number of ether oxygens (including phenoxy) is 1. The summed E-state index contributed by atoms with van der Waals surface area (Å²) < 4.78 is 5.86. The summed E-state index contributed by atoms with van der Waals surface area (Å²) in [5.41, 5.74) is 2.58. The standard InChI is InChI=1S/C19H16N2O3/c1-20-18-13-17(10-11-19(18)21(22)23)24-16-9-5-8-15(12-16)14-6-3-2-4-7-14/h2-13,20H,1H3. The number of rotatable bonds is 5. The molecule has 5 nitrogen and oxygen atoms in total. The lowest BCUT2D eigenvalue weighted by molar-refractivity contribution is -0.384. The minimum atomic E-state index is -0.425. The average Bonchev–Trinajstić information content (AvgIpc) is 2.62. The molecular formula is C19H16N2O3. The number of anilines is 1. The van der Waals surface area contributed by atoms with Crippen molar-refractivity contribution < 1.29 is 9.66 Å². The second kappa shape index (κ2) is 6.83. The summed E-state index contributed by atoms with van der Waals surface area (Å²) in [5, 5.41) is 13.8. The molecule has 120 valence electrons. The molecule has 0 saturated heterocycles. The van der Waals surface area contributed by atoms with Crippen molar-refractivity contribution in [2.75, 3.05) is 12.4 Å². The van der Waals surface area contributed by atoms with Gasteiger partial charge < -0.3 is 10.1 Å². The van der Waals surface area contributed by atoms with Gasteiger partial charge in [-0.2, -0.15) is 0 Å².